The summed E-state index contributed by atoms with van der Waals surface area (Å²) >= 11 is 0. The second kappa shape index (κ2) is 11.4. The van der Waals surface area contributed by atoms with E-state index in [0.717, 1.165) is 19.3 Å². The van der Waals surface area contributed by atoms with Crippen molar-refractivity contribution in [3.63, 3.8) is 0 Å². The van der Waals surface area contributed by atoms with Crippen molar-refractivity contribution in [2.75, 3.05) is 4.90 Å². The van der Waals surface area contributed by atoms with Gasteiger partial charge in [0, 0.05) is 28.1 Å². The molecule has 1 heteroatoms. The molecule has 11 rings (SSSR count). The van der Waals surface area contributed by atoms with Crippen molar-refractivity contribution in [2.45, 2.75) is 62.8 Å². The van der Waals surface area contributed by atoms with Gasteiger partial charge < -0.3 is 4.90 Å². The number of rotatable bonds is 4. The number of benzene rings is 4. The van der Waals surface area contributed by atoms with Crippen LogP contribution in [0.1, 0.15) is 72.4 Å². The van der Waals surface area contributed by atoms with Gasteiger partial charge in [0.15, 0.2) is 0 Å². The molecule has 0 aromatic heterocycles. The Kier molecular flexibility index (Phi) is 6.77. The number of aryl methyl sites for hydroxylation is 1. The fourth-order valence-electron chi connectivity index (χ4n) is 12.1. The van der Waals surface area contributed by atoms with Crippen LogP contribution in [-0.2, 0) is 10.8 Å². The van der Waals surface area contributed by atoms with Crippen molar-refractivity contribution < 1.29 is 0 Å². The van der Waals surface area contributed by atoms with E-state index in [1.165, 1.54) is 61.5 Å². The highest BCUT2D eigenvalue weighted by Crippen LogP contribution is 2.68. The number of nitrogens with zero attached hydrogens (tertiary/aromatic N) is 1. The smallest absolute Gasteiger partial charge is 0.0531 e. The lowest BCUT2D eigenvalue weighted by molar-refractivity contribution is 0.371. The first-order chi connectivity index (χ1) is 25.9. The lowest BCUT2D eigenvalue weighted by atomic mass is 9.63. The van der Waals surface area contributed by atoms with Crippen LogP contribution in [0.4, 0.5) is 5.69 Å². The van der Waals surface area contributed by atoms with Crippen LogP contribution in [0.2, 0.25) is 0 Å². The maximum Gasteiger partial charge on any atom is 0.0531 e. The van der Waals surface area contributed by atoms with E-state index in [0.29, 0.717) is 29.6 Å². The maximum absolute atomic E-state index is 2.73. The van der Waals surface area contributed by atoms with E-state index >= 15 is 0 Å². The summed E-state index contributed by atoms with van der Waals surface area (Å²) < 4.78 is 0. The van der Waals surface area contributed by atoms with Crippen molar-refractivity contribution in [3.05, 3.63) is 202 Å². The van der Waals surface area contributed by atoms with Crippen LogP contribution in [0.5, 0.6) is 0 Å². The molecule has 0 bridgehead atoms. The first-order valence-corrected chi connectivity index (χ1v) is 20.0. The molecule has 0 N–H and O–H groups in total. The normalized spacial score (nSPS) is 30.2. The quantitative estimate of drug-likeness (QED) is 0.207. The Balaban J connectivity index is 1.10. The van der Waals surface area contributed by atoms with Gasteiger partial charge in [-0.15, -0.1) is 0 Å². The Morgan fingerprint density at radius 1 is 0.679 bits per heavy atom. The Bertz CT molecular complexity index is 2370. The third-order valence-corrected chi connectivity index (χ3v) is 14.3. The summed E-state index contributed by atoms with van der Waals surface area (Å²) in [7, 11) is 0. The van der Waals surface area contributed by atoms with Gasteiger partial charge in [-0.05, 0) is 113 Å². The van der Waals surface area contributed by atoms with Crippen LogP contribution >= 0.6 is 0 Å². The maximum atomic E-state index is 2.73. The second-order valence-corrected chi connectivity index (χ2v) is 17.2. The van der Waals surface area contributed by atoms with Gasteiger partial charge >= 0.3 is 0 Å². The molecule has 0 aliphatic heterocycles. The van der Waals surface area contributed by atoms with Gasteiger partial charge in [0.2, 0.25) is 0 Å². The van der Waals surface area contributed by atoms with Crippen LogP contribution in [0.3, 0.4) is 0 Å². The van der Waals surface area contributed by atoms with E-state index < -0.39 is 0 Å². The first kappa shape index (κ1) is 31.4. The van der Waals surface area contributed by atoms with E-state index in [4.69, 9.17) is 0 Å². The number of anilines is 1. The molecule has 4 aromatic rings. The Morgan fingerprint density at radius 2 is 1.36 bits per heavy atom. The molecule has 53 heavy (non-hydrogen) atoms. The minimum Gasteiger partial charge on any atom is -0.335 e. The second-order valence-electron chi connectivity index (χ2n) is 17.2. The van der Waals surface area contributed by atoms with E-state index in [1.54, 1.807) is 5.57 Å². The average molecular weight is 686 g/mol. The fraction of sp³-hybridized carbons (Fsp3) is 0.269. The number of fused-ring (bicyclic) bond motifs is 13. The third-order valence-electron chi connectivity index (χ3n) is 14.3. The predicted octanol–water partition coefficient (Wildman–Crippen LogP) is 12.3. The molecule has 1 saturated carbocycles. The lowest BCUT2D eigenvalue weighted by Crippen LogP contribution is -2.38. The summed E-state index contributed by atoms with van der Waals surface area (Å²) in [5.41, 5.74) is 17.1. The van der Waals surface area contributed by atoms with Gasteiger partial charge in [0.25, 0.3) is 0 Å². The fourth-order valence-corrected chi connectivity index (χ4v) is 12.1. The van der Waals surface area contributed by atoms with Gasteiger partial charge in [0.1, 0.15) is 0 Å². The minimum absolute atomic E-state index is 0.00416. The van der Waals surface area contributed by atoms with Crippen LogP contribution in [-0.4, -0.2) is 6.04 Å². The molecule has 6 atom stereocenters. The summed E-state index contributed by atoms with van der Waals surface area (Å²) in [4.78, 5) is 2.73. The van der Waals surface area contributed by atoms with Gasteiger partial charge in [-0.25, -0.2) is 0 Å². The Hall–Kier alpha value is -5.14. The number of hydrogen-bond donors (Lipinski definition) is 0. The van der Waals surface area contributed by atoms with Crippen LogP contribution in [0.25, 0.3) is 16.7 Å². The highest BCUT2D eigenvalue weighted by molar-refractivity contribution is 5.85. The molecule has 1 spiro atoms. The Morgan fingerprint density at radius 3 is 2.13 bits per heavy atom. The van der Waals surface area contributed by atoms with E-state index in [9.17, 15) is 0 Å². The highest BCUT2D eigenvalue weighted by atomic mass is 15.2. The number of allylic oxidation sites excluding steroid dienone is 12. The highest BCUT2D eigenvalue weighted by Gasteiger charge is 2.62. The monoisotopic (exact) mass is 685 g/mol. The van der Waals surface area contributed by atoms with Crippen molar-refractivity contribution >= 4 is 11.3 Å². The summed E-state index contributed by atoms with van der Waals surface area (Å²) in [6, 6.07) is 35.5. The van der Waals surface area contributed by atoms with E-state index in [-0.39, 0.29) is 16.9 Å². The molecule has 1 fully saturated rings. The summed E-state index contributed by atoms with van der Waals surface area (Å²) in [6.07, 6.45) is 30.3. The summed E-state index contributed by atoms with van der Waals surface area (Å²) in [5.74, 6) is 2.21. The van der Waals surface area contributed by atoms with Gasteiger partial charge in [-0.3, -0.25) is 0 Å². The topological polar surface area (TPSA) is 3.24 Å². The third kappa shape index (κ3) is 4.31. The van der Waals surface area contributed by atoms with Crippen molar-refractivity contribution in [3.8, 4) is 11.1 Å². The molecule has 4 aromatic carbocycles. The van der Waals surface area contributed by atoms with E-state index in [2.05, 4.69) is 184 Å². The van der Waals surface area contributed by atoms with Gasteiger partial charge in [-0.2, -0.15) is 0 Å². The first-order valence-electron chi connectivity index (χ1n) is 20.0. The Labute approximate surface area is 315 Å². The molecule has 0 saturated heterocycles. The van der Waals surface area contributed by atoms with Crippen molar-refractivity contribution in [2.24, 2.45) is 23.7 Å². The average Bonchev–Trinajstić information content (AvgIpc) is 3.93. The molecule has 7 aliphatic rings. The molecule has 0 radical (unpaired) electrons. The molecular weight excluding hydrogens is 639 g/mol. The van der Waals surface area contributed by atoms with E-state index in [1.807, 2.05) is 0 Å². The molecule has 7 aliphatic carbocycles. The zero-order chi connectivity index (χ0) is 35.5. The zero-order valence-corrected chi connectivity index (χ0v) is 31.0. The summed E-state index contributed by atoms with van der Waals surface area (Å²) in [5, 5.41) is 0. The number of hydrogen-bond acceptors (Lipinski definition) is 1. The molecule has 1 nitrogen and oxygen atoms in total. The van der Waals surface area contributed by atoms with Crippen LogP contribution in [0.15, 0.2) is 169 Å². The van der Waals surface area contributed by atoms with Gasteiger partial charge in [0.05, 0.1) is 6.04 Å². The van der Waals surface area contributed by atoms with Crippen molar-refractivity contribution in [1.82, 2.24) is 0 Å². The molecule has 260 valence electrons. The molecule has 0 amide bonds. The molecule has 6 unspecified atom stereocenters. The zero-order valence-electron chi connectivity index (χ0n) is 31.0. The van der Waals surface area contributed by atoms with Crippen molar-refractivity contribution in [1.29, 1.82) is 0 Å². The van der Waals surface area contributed by atoms with Crippen LogP contribution < -0.4 is 4.90 Å². The lowest BCUT2D eigenvalue weighted by Gasteiger charge is -2.40. The largest absolute Gasteiger partial charge is 0.335 e. The minimum atomic E-state index is -0.121. The van der Waals surface area contributed by atoms with Gasteiger partial charge in [-0.1, -0.05) is 165 Å². The molecule has 0 heterocycles. The predicted molar refractivity (Wildman–Crippen MR) is 221 cm³/mol. The molecular formula is C52H47N. The standard InChI is InChI=1S/C52H47N/c1-33-20-22-34(23-21-33)35-24-25-36(30-35)53(37-26-28-43-39-12-4-8-16-45(39)51(2,3)49(43)31-37)38-27-29-44-42-15-7-11-19-48(42)52(50(44)32-38)46-17-9-5-13-40(46)41-14-6-10-18-47(41)52/h4-23,26-27,29-32,36,40-41,43,46-47H,24-25,28H2,1-3H3. The SMILES string of the molecule is Cc1ccc(C2=CC(N(C3=CCC4C(=C3)C(C)(C)c3ccccc34)c3ccc4c(c3)C3(c5ccccc5-4)C4C=CC=CC4C4C=CC=CC43)CC2)cc1. The summed E-state index contributed by atoms with van der Waals surface area (Å²) in [6.45, 7) is 7.07. The van der Waals surface area contributed by atoms with Crippen LogP contribution in [0, 0.1) is 30.6 Å².